The summed E-state index contributed by atoms with van der Waals surface area (Å²) in [6.07, 6.45) is 0.878. The molecule has 2 rings (SSSR count). The minimum absolute atomic E-state index is 0. The normalized spacial score (nSPS) is 11.7. The first-order chi connectivity index (χ1) is 13.7. The maximum atomic E-state index is 5.44. The number of rotatable bonds is 7. The van der Waals surface area contributed by atoms with Crippen LogP contribution in [-0.4, -0.2) is 50.7 Å². The number of ether oxygens (including phenoxy) is 2. The molecule has 6 nitrogen and oxygen atoms in total. The molecule has 2 aromatic rings. The summed E-state index contributed by atoms with van der Waals surface area (Å²) in [5, 5.41) is 6.76. The third-order valence-electron chi connectivity index (χ3n) is 4.77. The highest BCUT2D eigenvalue weighted by Crippen LogP contribution is 2.30. The molecule has 1 aromatic carbocycles. The second-order valence-electron chi connectivity index (χ2n) is 8.09. The van der Waals surface area contributed by atoms with E-state index < -0.39 is 0 Å². The van der Waals surface area contributed by atoms with Gasteiger partial charge in [0.1, 0.15) is 0 Å². The molecule has 0 fully saturated rings. The van der Waals surface area contributed by atoms with Crippen LogP contribution in [0.4, 0.5) is 0 Å². The number of hydrogen-bond acceptors (Lipinski definition) is 5. The van der Waals surface area contributed by atoms with Gasteiger partial charge in [-0.15, -0.1) is 35.3 Å². The molecule has 0 amide bonds. The Bertz CT molecular complexity index is 846. The molecule has 1 N–H and O–H groups in total. The predicted octanol–water partition coefficient (Wildman–Crippen LogP) is 4.63. The lowest BCUT2D eigenvalue weighted by atomic mass is 9.93. The fourth-order valence-corrected chi connectivity index (χ4v) is 3.98. The van der Waals surface area contributed by atoms with Crippen LogP contribution in [0.3, 0.4) is 0 Å². The van der Waals surface area contributed by atoms with Crippen molar-refractivity contribution in [1.29, 1.82) is 0 Å². The van der Waals surface area contributed by atoms with Gasteiger partial charge >= 0.3 is 0 Å². The van der Waals surface area contributed by atoms with Crippen LogP contribution in [0.5, 0.6) is 11.5 Å². The summed E-state index contributed by atoms with van der Waals surface area (Å²) in [6.45, 7) is 10.2. The molecule has 0 aliphatic carbocycles. The summed E-state index contributed by atoms with van der Waals surface area (Å²) in [6, 6.07) is 4.04. The number of aromatic nitrogens is 1. The maximum absolute atomic E-state index is 5.44. The van der Waals surface area contributed by atoms with E-state index in [2.05, 4.69) is 48.3 Å². The van der Waals surface area contributed by atoms with E-state index in [0.29, 0.717) is 0 Å². The first-order valence-electron chi connectivity index (χ1n) is 9.77. The zero-order chi connectivity index (χ0) is 21.6. The van der Waals surface area contributed by atoms with Gasteiger partial charge in [-0.3, -0.25) is 4.99 Å². The van der Waals surface area contributed by atoms with Gasteiger partial charge in [-0.25, -0.2) is 4.98 Å². The van der Waals surface area contributed by atoms with Crippen LogP contribution in [0.2, 0.25) is 0 Å². The Morgan fingerprint density at radius 1 is 1.20 bits per heavy atom. The lowest BCUT2D eigenvalue weighted by Gasteiger charge is -2.23. The van der Waals surface area contributed by atoms with E-state index in [9.17, 15) is 0 Å². The van der Waals surface area contributed by atoms with E-state index >= 15 is 0 Å². The van der Waals surface area contributed by atoms with Crippen molar-refractivity contribution in [1.82, 2.24) is 15.2 Å². The van der Waals surface area contributed by atoms with Crippen LogP contribution in [0.25, 0.3) is 0 Å². The number of aliphatic imine (C=N–C) groups is 1. The standard InChI is InChI=1S/C22H34N4O2S.HI/c1-15-11-17(27-7)18(28-8)12-16(15)13-26(6)21(23-5)24-10-9-20-25-19(14-29-20)22(2,3)4;/h11-12,14H,9-10,13H2,1-8H3,(H,23,24);1H. The quantitative estimate of drug-likeness (QED) is 0.312. The van der Waals surface area contributed by atoms with Gasteiger partial charge in [0.25, 0.3) is 0 Å². The summed E-state index contributed by atoms with van der Waals surface area (Å²) >= 11 is 1.73. The van der Waals surface area contributed by atoms with Gasteiger partial charge in [0, 0.05) is 44.4 Å². The topological polar surface area (TPSA) is 59.0 Å². The summed E-state index contributed by atoms with van der Waals surface area (Å²) in [7, 11) is 7.15. The molecular weight excluding hydrogens is 511 g/mol. The minimum Gasteiger partial charge on any atom is -0.493 e. The van der Waals surface area contributed by atoms with Crippen LogP contribution in [0.15, 0.2) is 22.5 Å². The first kappa shape index (κ1) is 26.5. The lowest BCUT2D eigenvalue weighted by molar-refractivity contribution is 0.353. The molecule has 168 valence electrons. The Morgan fingerprint density at radius 2 is 1.83 bits per heavy atom. The van der Waals surface area contributed by atoms with Crippen molar-refractivity contribution >= 4 is 41.3 Å². The summed E-state index contributed by atoms with van der Waals surface area (Å²) in [4.78, 5) is 11.3. The van der Waals surface area contributed by atoms with Crippen molar-refractivity contribution in [3.63, 3.8) is 0 Å². The molecule has 0 saturated carbocycles. The number of guanidine groups is 1. The minimum atomic E-state index is 0. The fourth-order valence-electron chi connectivity index (χ4n) is 2.96. The number of nitrogens with zero attached hydrogens (tertiary/aromatic N) is 3. The lowest BCUT2D eigenvalue weighted by Crippen LogP contribution is -2.39. The summed E-state index contributed by atoms with van der Waals surface area (Å²) < 4.78 is 10.8. The number of hydrogen-bond donors (Lipinski definition) is 1. The van der Waals surface area contributed by atoms with E-state index in [-0.39, 0.29) is 29.4 Å². The summed E-state index contributed by atoms with van der Waals surface area (Å²) in [5.41, 5.74) is 3.57. The molecular formula is C22H35IN4O2S. The molecule has 0 unspecified atom stereocenters. The number of thiazole rings is 1. The Morgan fingerprint density at radius 3 is 2.37 bits per heavy atom. The predicted molar refractivity (Wildman–Crippen MR) is 137 cm³/mol. The Kier molecular flexibility index (Phi) is 10.4. The largest absolute Gasteiger partial charge is 0.493 e. The number of halogens is 1. The van der Waals surface area contributed by atoms with Gasteiger partial charge in [-0.2, -0.15) is 0 Å². The van der Waals surface area contributed by atoms with Gasteiger partial charge in [0.2, 0.25) is 0 Å². The highest BCUT2D eigenvalue weighted by Gasteiger charge is 2.17. The second-order valence-corrected chi connectivity index (χ2v) is 9.03. The van der Waals surface area contributed by atoms with Crippen LogP contribution in [-0.2, 0) is 18.4 Å². The Hall–Kier alpha value is -1.55. The zero-order valence-corrected chi connectivity index (χ0v) is 22.5. The SMILES string of the molecule is CN=C(NCCc1nc(C(C)(C)C)cs1)N(C)Cc1cc(OC)c(OC)cc1C.I. The third kappa shape index (κ3) is 7.01. The van der Waals surface area contributed by atoms with Crippen molar-refractivity contribution in [3.05, 3.63) is 39.3 Å². The fraction of sp³-hybridized carbons (Fsp3) is 0.545. The molecule has 30 heavy (non-hydrogen) atoms. The number of methoxy groups -OCH3 is 2. The van der Waals surface area contributed by atoms with Gasteiger partial charge in [0.05, 0.1) is 24.9 Å². The van der Waals surface area contributed by atoms with Crippen LogP contribution >= 0.6 is 35.3 Å². The van der Waals surface area contributed by atoms with Crippen LogP contribution < -0.4 is 14.8 Å². The highest BCUT2D eigenvalue weighted by molar-refractivity contribution is 14.0. The van der Waals surface area contributed by atoms with E-state index in [1.807, 2.05) is 19.2 Å². The molecule has 0 atom stereocenters. The molecule has 0 aliphatic heterocycles. The summed E-state index contributed by atoms with van der Waals surface area (Å²) in [5.74, 6) is 2.34. The van der Waals surface area contributed by atoms with Crippen molar-refractivity contribution in [2.24, 2.45) is 4.99 Å². The molecule has 0 spiro atoms. The van der Waals surface area contributed by atoms with E-state index in [0.717, 1.165) is 53.2 Å². The third-order valence-corrected chi connectivity index (χ3v) is 5.67. The highest BCUT2D eigenvalue weighted by atomic mass is 127. The maximum Gasteiger partial charge on any atom is 0.193 e. The van der Waals surface area contributed by atoms with E-state index in [1.165, 1.54) is 5.56 Å². The average molecular weight is 547 g/mol. The molecule has 8 heteroatoms. The van der Waals surface area contributed by atoms with Crippen LogP contribution in [0, 0.1) is 6.92 Å². The average Bonchev–Trinajstić information content (AvgIpc) is 3.15. The van der Waals surface area contributed by atoms with Gasteiger partial charge < -0.3 is 19.7 Å². The smallest absolute Gasteiger partial charge is 0.193 e. The molecule has 0 saturated heterocycles. The molecule has 0 aliphatic rings. The number of benzene rings is 1. The van der Waals surface area contributed by atoms with Gasteiger partial charge in [-0.1, -0.05) is 20.8 Å². The first-order valence-corrected chi connectivity index (χ1v) is 10.7. The number of aryl methyl sites for hydroxylation is 1. The number of nitrogens with one attached hydrogen (secondary N) is 1. The Balaban J connectivity index is 0.00000450. The van der Waals surface area contributed by atoms with Crippen LogP contribution in [0.1, 0.15) is 42.6 Å². The van der Waals surface area contributed by atoms with E-state index in [1.54, 1.807) is 32.6 Å². The van der Waals surface area contributed by atoms with Crippen molar-refractivity contribution in [3.8, 4) is 11.5 Å². The Labute approximate surface area is 202 Å². The van der Waals surface area contributed by atoms with Crippen molar-refractivity contribution < 1.29 is 9.47 Å². The zero-order valence-electron chi connectivity index (χ0n) is 19.3. The van der Waals surface area contributed by atoms with Crippen molar-refractivity contribution in [2.75, 3.05) is 34.9 Å². The molecule has 0 bridgehead atoms. The second kappa shape index (κ2) is 11.7. The monoisotopic (exact) mass is 546 g/mol. The van der Waals surface area contributed by atoms with E-state index in [4.69, 9.17) is 14.5 Å². The van der Waals surface area contributed by atoms with Gasteiger partial charge in [-0.05, 0) is 30.2 Å². The molecule has 1 heterocycles. The molecule has 1 aromatic heterocycles. The van der Waals surface area contributed by atoms with Crippen molar-refractivity contribution in [2.45, 2.75) is 46.1 Å². The molecule has 0 radical (unpaired) electrons. The van der Waals surface area contributed by atoms with Gasteiger partial charge in [0.15, 0.2) is 17.5 Å².